The van der Waals surface area contributed by atoms with Gasteiger partial charge in [-0.15, -0.1) is 11.6 Å². The maximum atomic E-state index is 5.74. The Kier molecular flexibility index (Phi) is 6.16. The molecule has 0 aliphatic heterocycles. The maximum Gasteiger partial charge on any atom is 0.0762 e. The molecule has 0 aliphatic rings. The number of nitrogens with one attached hydrogen (secondary N) is 1. The summed E-state index contributed by atoms with van der Waals surface area (Å²) in [6, 6.07) is 2.51. The van der Waals surface area contributed by atoms with E-state index in [1.807, 2.05) is 10.9 Å². The van der Waals surface area contributed by atoms with Gasteiger partial charge in [0, 0.05) is 31.2 Å². The summed E-state index contributed by atoms with van der Waals surface area (Å²) < 4.78 is 2.00. The first-order valence-electron chi connectivity index (χ1n) is 6.75. The molecule has 0 saturated heterocycles. The fourth-order valence-corrected chi connectivity index (χ4v) is 2.06. The summed E-state index contributed by atoms with van der Waals surface area (Å²) in [6.07, 6.45) is 4.28. The van der Waals surface area contributed by atoms with Crippen LogP contribution in [0.3, 0.4) is 0 Å². The fraction of sp³-hybridized carbons (Fsp3) is 0.786. The van der Waals surface area contributed by atoms with Gasteiger partial charge in [0.25, 0.3) is 0 Å². The van der Waals surface area contributed by atoms with Crippen molar-refractivity contribution in [3.63, 3.8) is 0 Å². The van der Waals surface area contributed by atoms with Crippen LogP contribution in [0.15, 0.2) is 12.3 Å². The first-order valence-corrected chi connectivity index (χ1v) is 7.29. The van der Waals surface area contributed by atoms with Gasteiger partial charge in [-0.2, -0.15) is 5.10 Å². The molecule has 0 unspecified atom stereocenters. The van der Waals surface area contributed by atoms with Crippen molar-refractivity contribution in [1.82, 2.24) is 15.1 Å². The van der Waals surface area contributed by atoms with Gasteiger partial charge in [0.15, 0.2) is 0 Å². The standard InChI is InChI=1S/C14H26ClN3/c1-12(2)18-9-6-13(17-18)10-16-11-14(3,4)7-5-8-15/h6,9,12,16H,5,7-8,10-11H2,1-4H3. The van der Waals surface area contributed by atoms with E-state index in [2.05, 4.69) is 44.2 Å². The van der Waals surface area contributed by atoms with E-state index in [-0.39, 0.29) is 0 Å². The first-order chi connectivity index (χ1) is 8.44. The van der Waals surface area contributed by atoms with Gasteiger partial charge in [-0.05, 0) is 38.2 Å². The van der Waals surface area contributed by atoms with Gasteiger partial charge in [-0.1, -0.05) is 13.8 Å². The molecule has 0 atom stereocenters. The quantitative estimate of drug-likeness (QED) is 0.732. The van der Waals surface area contributed by atoms with Gasteiger partial charge >= 0.3 is 0 Å². The largest absolute Gasteiger partial charge is 0.311 e. The third-order valence-corrected chi connectivity index (χ3v) is 3.36. The predicted molar refractivity (Wildman–Crippen MR) is 78.1 cm³/mol. The van der Waals surface area contributed by atoms with E-state index in [0.717, 1.165) is 37.5 Å². The fourth-order valence-electron chi connectivity index (χ4n) is 1.92. The third kappa shape index (κ3) is 5.40. The molecule has 0 spiro atoms. The predicted octanol–water partition coefficient (Wildman–Crippen LogP) is 3.60. The molecule has 0 aromatic carbocycles. The molecule has 3 nitrogen and oxygen atoms in total. The van der Waals surface area contributed by atoms with E-state index >= 15 is 0 Å². The summed E-state index contributed by atoms with van der Waals surface area (Å²) in [4.78, 5) is 0. The van der Waals surface area contributed by atoms with Crippen LogP contribution < -0.4 is 5.32 Å². The summed E-state index contributed by atoms with van der Waals surface area (Å²) in [5, 5.41) is 8.01. The Bertz CT molecular complexity index is 345. The van der Waals surface area contributed by atoms with E-state index in [4.69, 9.17) is 11.6 Å². The molecule has 104 valence electrons. The number of hydrogen-bond donors (Lipinski definition) is 1. The van der Waals surface area contributed by atoms with Crippen molar-refractivity contribution in [2.45, 2.75) is 53.1 Å². The highest BCUT2D eigenvalue weighted by Gasteiger charge is 2.16. The average molecular weight is 272 g/mol. The minimum absolute atomic E-state index is 0.301. The zero-order chi connectivity index (χ0) is 13.6. The molecule has 1 N–H and O–H groups in total. The van der Waals surface area contributed by atoms with E-state index in [1.165, 1.54) is 0 Å². The van der Waals surface area contributed by atoms with Crippen LogP contribution in [-0.4, -0.2) is 22.2 Å². The van der Waals surface area contributed by atoms with Crippen molar-refractivity contribution in [2.75, 3.05) is 12.4 Å². The lowest BCUT2D eigenvalue weighted by atomic mass is 9.88. The SMILES string of the molecule is CC(C)n1ccc(CNCC(C)(C)CCCCl)n1. The van der Waals surface area contributed by atoms with Gasteiger partial charge in [0.05, 0.1) is 5.69 Å². The van der Waals surface area contributed by atoms with Crippen molar-refractivity contribution < 1.29 is 0 Å². The molecule has 0 radical (unpaired) electrons. The number of nitrogens with zero attached hydrogens (tertiary/aromatic N) is 2. The van der Waals surface area contributed by atoms with Gasteiger partial charge in [0.1, 0.15) is 0 Å². The van der Waals surface area contributed by atoms with Crippen molar-refractivity contribution in [1.29, 1.82) is 0 Å². The van der Waals surface area contributed by atoms with Crippen molar-refractivity contribution in [3.05, 3.63) is 18.0 Å². The topological polar surface area (TPSA) is 29.9 Å². The molecule has 0 saturated carbocycles. The summed E-state index contributed by atoms with van der Waals surface area (Å²) in [5.41, 5.74) is 1.41. The zero-order valence-corrected chi connectivity index (χ0v) is 12.8. The van der Waals surface area contributed by atoms with Gasteiger partial charge in [0.2, 0.25) is 0 Å². The maximum absolute atomic E-state index is 5.74. The van der Waals surface area contributed by atoms with Crippen molar-refractivity contribution >= 4 is 11.6 Å². The van der Waals surface area contributed by atoms with Crippen LogP contribution >= 0.6 is 11.6 Å². The zero-order valence-electron chi connectivity index (χ0n) is 12.0. The summed E-state index contributed by atoms with van der Waals surface area (Å²) >= 11 is 5.74. The van der Waals surface area contributed by atoms with E-state index in [0.29, 0.717) is 11.5 Å². The second-order valence-electron chi connectivity index (χ2n) is 5.94. The average Bonchev–Trinajstić information content (AvgIpc) is 2.75. The monoisotopic (exact) mass is 271 g/mol. The smallest absolute Gasteiger partial charge is 0.0762 e. The number of alkyl halides is 1. The molecule has 1 aromatic rings. The van der Waals surface area contributed by atoms with Crippen LogP contribution in [0.5, 0.6) is 0 Å². The Morgan fingerprint density at radius 3 is 2.72 bits per heavy atom. The molecule has 4 heteroatoms. The molecule has 1 heterocycles. The summed E-state index contributed by atoms with van der Waals surface area (Å²) in [6.45, 7) is 10.7. The Morgan fingerprint density at radius 2 is 2.17 bits per heavy atom. The summed E-state index contributed by atoms with van der Waals surface area (Å²) in [5.74, 6) is 0.752. The van der Waals surface area contributed by atoms with E-state index < -0.39 is 0 Å². The lowest BCUT2D eigenvalue weighted by Crippen LogP contribution is -2.29. The lowest BCUT2D eigenvalue weighted by molar-refractivity contribution is 0.310. The molecular weight excluding hydrogens is 246 g/mol. The molecule has 1 aromatic heterocycles. The third-order valence-electron chi connectivity index (χ3n) is 3.09. The van der Waals surface area contributed by atoms with Crippen molar-refractivity contribution in [3.8, 4) is 0 Å². The highest BCUT2D eigenvalue weighted by Crippen LogP contribution is 2.21. The second kappa shape index (κ2) is 7.15. The van der Waals surface area contributed by atoms with Gasteiger partial charge < -0.3 is 5.32 Å². The van der Waals surface area contributed by atoms with Crippen LogP contribution in [-0.2, 0) is 6.54 Å². The minimum atomic E-state index is 0.301. The molecule has 0 fully saturated rings. The van der Waals surface area contributed by atoms with Gasteiger partial charge in [-0.25, -0.2) is 0 Å². The molecule has 18 heavy (non-hydrogen) atoms. The molecule has 0 amide bonds. The Hall–Kier alpha value is -0.540. The highest BCUT2D eigenvalue weighted by atomic mass is 35.5. The Morgan fingerprint density at radius 1 is 1.44 bits per heavy atom. The molecular formula is C14H26ClN3. The van der Waals surface area contributed by atoms with Gasteiger partial charge in [-0.3, -0.25) is 4.68 Å². The normalized spacial score (nSPS) is 12.3. The summed E-state index contributed by atoms with van der Waals surface area (Å²) in [7, 11) is 0. The number of hydrogen-bond acceptors (Lipinski definition) is 2. The van der Waals surface area contributed by atoms with Crippen LogP contribution in [0.4, 0.5) is 0 Å². The highest BCUT2D eigenvalue weighted by molar-refractivity contribution is 6.17. The van der Waals surface area contributed by atoms with E-state index in [1.54, 1.807) is 0 Å². The number of rotatable bonds is 8. The van der Waals surface area contributed by atoms with Crippen LogP contribution in [0, 0.1) is 5.41 Å². The number of aromatic nitrogens is 2. The van der Waals surface area contributed by atoms with Crippen LogP contribution in [0.2, 0.25) is 0 Å². The van der Waals surface area contributed by atoms with Crippen LogP contribution in [0.1, 0.15) is 52.3 Å². The molecule has 0 aliphatic carbocycles. The Labute approximate surface area is 116 Å². The molecule has 0 bridgehead atoms. The Balaban J connectivity index is 2.32. The number of halogens is 1. The lowest BCUT2D eigenvalue weighted by Gasteiger charge is -2.24. The molecule has 1 rings (SSSR count). The van der Waals surface area contributed by atoms with Crippen LogP contribution in [0.25, 0.3) is 0 Å². The minimum Gasteiger partial charge on any atom is -0.311 e. The van der Waals surface area contributed by atoms with Crippen molar-refractivity contribution in [2.24, 2.45) is 5.41 Å². The first kappa shape index (κ1) is 15.5. The second-order valence-corrected chi connectivity index (χ2v) is 6.32. The van der Waals surface area contributed by atoms with E-state index in [9.17, 15) is 0 Å².